The molecule has 0 unspecified atom stereocenters. The molecule has 188 valence electrons. The summed E-state index contributed by atoms with van der Waals surface area (Å²) in [6.07, 6.45) is 5.18. The summed E-state index contributed by atoms with van der Waals surface area (Å²) in [5, 5.41) is 0. The van der Waals surface area contributed by atoms with Gasteiger partial charge in [-0.3, -0.25) is 4.79 Å². The van der Waals surface area contributed by atoms with Crippen molar-refractivity contribution in [3.05, 3.63) is 23.8 Å². The SMILES string of the molecule is C[C@@H]1CCCN(C(=O)COC(=O)c2cc(S(=O)(=O)N3CCOCC3)ccc2N2CCCCC2)C1. The normalized spacial score (nSPS) is 22.4. The second-order valence-electron chi connectivity index (χ2n) is 9.41. The van der Waals surface area contributed by atoms with E-state index in [1.807, 2.05) is 0 Å². The second kappa shape index (κ2) is 11.0. The Balaban J connectivity index is 1.55. The maximum absolute atomic E-state index is 13.2. The van der Waals surface area contributed by atoms with Crippen molar-refractivity contribution in [2.45, 2.75) is 43.9 Å². The summed E-state index contributed by atoms with van der Waals surface area (Å²) in [7, 11) is -3.77. The van der Waals surface area contributed by atoms with Gasteiger partial charge in [0.05, 0.1) is 29.4 Å². The van der Waals surface area contributed by atoms with E-state index in [1.54, 1.807) is 17.0 Å². The van der Waals surface area contributed by atoms with Crippen LogP contribution in [0.4, 0.5) is 5.69 Å². The minimum atomic E-state index is -3.77. The molecule has 3 saturated heterocycles. The molecule has 1 aromatic rings. The highest BCUT2D eigenvalue weighted by molar-refractivity contribution is 7.89. The molecule has 0 saturated carbocycles. The predicted octanol–water partition coefficient (Wildman–Crippen LogP) is 2.11. The molecule has 3 heterocycles. The van der Waals surface area contributed by atoms with Crippen molar-refractivity contribution in [1.29, 1.82) is 0 Å². The summed E-state index contributed by atoms with van der Waals surface area (Å²) < 4.78 is 38.5. The zero-order valence-electron chi connectivity index (χ0n) is 19.9. The third-order valence-electron chi connectivity index (χ3n) is 6.83. The Labute approximate surface area is 202 Å². The van der Waals surface area contributed by atoms with E-state index in [4.69, 9.17) is 9.47 Å². The topological polar surface area (TPSA) is 96.5 Å². The van der Waals surface area contributed by atoms with Gasteiger partial charge in [0, 0.05) is 39.3 Å². The average Bonchev–Trinajstić information content (AvgIpc) is 2.87. The van der Waals surface area contributed by atoms with Gasteiger partial charge >= 0.3 is 5.97 Å². The van der Waals surface area contributed by atoms with Gasteiger partial charge in [0.1, 0.15) is 0 Å². The first kappa shape index (κ1) is 24.9. The molecule has 1 atom stereocenters. The van der Waals surface area contributed by atoms with Crippen molar-refractivity contribution in [3.8, 4) is 0 Å². The third-order valence-corrected chi connectivity index (χ3v) is 8.72. The Hall–Kier alpha value is -2.17. The number of rotatable bonds is 6. The Kier molecular flexibility index (Phi) is 8.10. The number of morpholine rings is 1. The molecule has 0 aliphatic carbocycles. The summed E-state index contributed by atoms with van der Waals surface area (Å²) in [6, 6.07) is 4.67. The van der Waals surface area contributed by atoms with Gasteiger partial charge in [-0.15, -0.1) is 0 Å². The number of carbonyl (C=O) groups excluding carboxylic acids is 2. The number of carbonyl (C=O) groups is 2. The van der Waals surface area contributed by atoms with Crippen LogP contribution in [0.3, 0.4) is 0 Å². The van der Waals surface area contributed by atoms with E-state index in [1.165, 1.54) is 10.4 Å². The Morgan fingerprint density at radius 2 is 1.76 bits per heavy atom. The Morgan fingerprint density at radius 3 is 2.47 bits per heavy atom. The number of benzene rings is 1. The van der Waals surface area contributed by atoms with Crippen LogP contribution in [0, 0.1) is 5.92 Å². The van der Waals surface area contributed by atoms with Crippen molar-refractivity contribution >= 4 is 27.6 Å². The molecule has 9 nitrogen and oxygen atoms in total. The second-order valence-corrected chi connectivity index (χ2v) is 11.3. The van der Waals surface area contributed by atoms with E-state index in [0.717, 1.165) is 45.2 Å². The lowest BCUT2D eigenvalue weighted by Gasteiger charge is -2.31. The lowest BCUT2D eigenvalue weighted by Crippen LogP contribution is -2.41. The molecular formula is C24H35N3O6S. The highest BCUT2D eigenvalue weighted by Crippen LogP contribution is 2.29. The number of esters is 1. The van der Waals surface area contributed by atoms with Gasteiger partial charge < -0.3 is 19.3 Å². The number of hydrogen-bond donors (Lipinski definition) is 0. The number of sulfonamides is 1. The number of amides is 1. The lowest BCUT2D eigenvalue weighted by molar-refractivity contribution is -0.136. The van der Waals surface area contributed by atoms with Crippen LogP contribution in [0.1, 0.15) is 49.4 Å². The van der Waals surface area contributed by atoms with Gasteiger partial charge in [0.25, 0.3) is 5.91 Å². The minimum Gasteiger partial charge on any atom is -0.452 e. The van der Waals surface area contributed by atoms with E-state index >= 15 is 0 Å². The Bertz CT molecular complexity index is 986. The monoisotopic (exact) mass is 493 g/mol. The molecule has 10 heteroatoms. The summed E-state index contributed by atoms with van der Waals surface area (Å²) in [5.74, 6) is -0.448. The largest absolute Gasteiger partial charge is 0.452 e. The van der Waals surface area contributed by atoms with Crippen LogP contribution in [-0.2, 0) is 24.3 Å². The summed E-state index contributed by atoms with van der Waals surface area (Å²) >= 11 is 0. The fraction of sp³-hybridized carbons (Fsp3) is 0.667. The van der Waals surface area contributed by atoms with Crippen molar-refractivity contribution in [2.24, 2.45) is 5.92 Å². The maximum atomic E-state index is 13.2. The van der Waals surface area contributed by atoms with Crippen LogP contribution in [0.15, 0.2) is 23.1 Å². The standard InChI is InChI=1S/C24H35N3O6S/c1-19-6-5-11-26(17-19)23(28)18-33-24(29)21-16-20(34(30,31)27-12-14-32-15-13-27)7-8-22(21)25-9-3-2-4-10-25/h7-8,16,19H,2-6,9-15,17-18H2,1H3/t19-/m1/s1. The minimum absolute atomic E-state index is 0.0540. The van der Waals surface area contributed by atoms with E-state index in [2.05, 4.69) is 11.8 Å². The van der Waals surface area contributed by atoms with Gasteiger partial charge in [-0.05, 0) is 56.2 Å². The number of anilines is 1. The highest BCUT2D eigenvalue weighted by atomic mass is 32.2. The average molecular weight is 494 g/mol. The van der Waals surface area contributed by atoms with Gasteiger partial charge in [0.15, 0.2) is 6.61 Å². The predicted molar refractivity (Wildman–Crippen MR) is 127 cm³/mol. The van der Waals surface area contributed by atoms with E-state index < -0.39 is 16.0 Å². The number of piperidine rings is 2. The third kappa shape index (κ3) is 5.72. The van der Waals surface area contributed by atoms with Crippen molar-refractivity contribution in [3.63, 3.8) is 0 Å². The molecule has 34 heavy (non-hydrogen) atoms. The molecule has 3 aliphatic rings. The van der Waals surface area contributed by atoms with Gasteiger partial charge in [-0.25, -0.2) is 13.2 Å². The van der Waals surface area contributed by atoms with Crippen molar-refractivity contribution in [2.75, 3.05) is 64.0 Å². The van der Waals surface area contributed by atoms with Crippen LogP contribution >= 0.6 is 0 Å². The fourth-order valence-electron chi connectivity index (χ4n) is 4.90. The van der Waals surface area contributed by atoms with Crippen molar-refractivity contribution in [1.82, 2.24) is 9.21 Å². The highest BCUT2D eigenvalue weighted by Gasteiger charge is 2.30. The summed E-state index contributed by atoms with van der Waals surface area (Å²) in [6.45, 7) is 5.94. The van der Waals surface area contributed by atoms with E-state index in [-0.39, 0.29) is 36.1 Å². The lowest BCUT2D eigenvalue weighted by atomic mass is 10.0. The molecular weight excluding hydrogens is 458 g/mol. The molecule has 1 aromatic carbocycles. The van der Waals surface area contributed by atoms with E-state index in [9.17, 15) is 18.0 Å². The van der Waals surface area contributed by atoms with Crippen LogP contribution in [-0.4, -0.2) is 88.6 Å². The number of hydrogen-bond acceptors (Lipinski definition) is 7. The number of nitrogens with zero attached hydrogens (tertiary/aromatic N) is 3. The summed E-state index contributed by atoms with van der Waals surface area (Å²) in [4.78, 5) is 29.7. The smallest absolute Gasteiger partial charge is 0.340 e. The van der Waals surface area contributed by atoms with E-state index in [0.29, 0.717) is 37.9 Å². The summed E-state index contributed by atoms with van der Waals surface area (Å²) in [5.41, 5.74) is 0.848. The molecule has 0 aromatic heterocycles. The fourth-order valence-corrected chi connectivity index (χ4v) is 6.33. The number of ether oxygens (including phenoxy) is 2. The molecule has 3 fully saturated rings. The first-order chi connectivity index (χ1) is 16.4. The van der Waals surface area contributed by atoms with Crippen LogP contribution in [0.5, 0.6) is 0 Å². The zero-order valence-corrected chi connectivity index (χ0v) is 20.7. The number of likely N-dealkylation sites (tertiary alicyclic amines) is 1. The van der Waals surface area contributed by atoms with Crippen LogP contribution in [0.25, 0.3) is 0 Å². The quantitative estimate of drug-likeness (QED) is 0.560. The molecule has 4 rings (SSSR count). The van der Waals surface area contributed by atoms with Gasteiger partial charge in [-0.1, -0.05) is 6.92 Å². The maximum Gasteiger partial charge on any atom is 0.340 e. The molecule has 1 amide bonds. The molecule has 0 bridgehead atoms. The molecule has 0 N–H and O–H groups in total. The van der Waals surface area contributed by atoms with Gasteiger partial charge in [0.2, 0.25) is 10.0 Å². The van der Waals surface area contributed by atoms with Gasteiger partial charge in [-0.2, -0.15) is 4.31 Å². The Morgan fingerprint density at radius 1 is 1.03 bits per heavy atom. The first-order valence-corrected chi connectivity index (χ1v) is 13.7. The van der Waals surface area contributed by atoms with Crippen LogP contribution in [0.2, 0.25) is 0 Å². The van der Waals surface area contributed by atoms with Crippen molar-refractivity contribution < 1.29 is 27.5 Å². The molecule has 0 spiro atoms. The zero-order chi connectivity index (χ0) is 24.1. The van der Waals surface area contributed by atoms with Crippen LogP contribution < -0.4 is 4.90 Å². The molecule has 0 radical (unpaired) electrons. The first-order valence-electron chi connectivity index (χ1n) is 12.3. The molecule has 3 aliphatic heterocycles.